The van der Waals surface area contributed by atoms with Crippen LogP contribution in [0.15, 0.2) is 0 Å². The van der Waals surface area contributed by atoms with Gasteiger partial charge in [-0.05, 0) is 69.9 Å². The average molecular weight is 291 g/mol. The highest BCUT2D eigenvalue weighted by molar-refractivity contribution is 7.99. The lowest BCUT2D eigenvalue weighted by molar-refractivity contribution is 0.431. The molecule has 20 heavy (non-hydrogen) atoms. The second-order valence-electron chi connectivity index (χ2n) is 6.11. The van der Waals surface area contributed by atoms with Gasteiger partial charge in [0.1, 0.15) is 5.82 Å². The Labute approximate surface area is 126 Å². The topological polar surface area (TPSA) is 37.8 Å². The van der Waals surface area contributed by atoms with E-state index in [1.54, 1.807) is 0 Å². The molecule has 1 aliphatic heterocycles. The molecule has 1 N–H and O–H groups in total. The van der Waals surface area contributed by atoms with Gasteiger partial charge >= 0.3 is 0 Å². The quantitative estimate of drug-likeness (QED) is 0.929. The van der Waals surface area contributed by atoms with Crippen LogP contribution >= 0.6 is 11.8 Å². The van der Waals surface area contributed by atoms with E-state index in [0.717, 1.165) is 31.1 Å². The molecule has 1 aliphatic carbocycles. The summed E-state index contributed by atoms with van der Waals surface area (Å²) in [6.45, 7) is 3.29. The molecular weight excluding hydrogens is 266 g/mol. The number of rotatable bonds is 3. The Kier molecular flexibility index (Phi) is 4.61. The summed E-state index contributed by atoms with van der Waals surface area (Å²) in [6, 6.07) is 0. The highest BCUT2D eigenvalue weighted by Crippen LogP contribution is 2.37. The minimum Gasteiger partial charge on any atom is -0.319 e. The average Bonchev–Trinajstić information content (AvgIpc) is 2.49. The lowest BCUT2D eigenvalue weighted by atomic mass is 9.85. The first kappa shape index (κ1) is 14.3. The molecule has 2 aliphatic rings. The maximum Gasteiger partial charge on any atom is 0.141 e. The molecule has 1 aromatic rings. The van der Waals surface area contributed by atoms with Crippen LogP contribution in [0.4, 0.5) is 0 Å². The molecule has 0 aromatic carbocycles. The molecule has 2 unspecified atom stereocenters. The zero-order valence-corrected chi connectivity index (χ0v) is 13.4. The van der Waals surface area contributed by atoms with E-state index in [1.807, 2.05) is 18.8 Å². The molecule has 110 valence electrons. The first-order valence-electron chi connectivity index (χ1n) is 7.90. The van der Waals surface area contributed by atoms with Gasteiger partial charge < -0.3 is 5.32 Å². The summed E-state index contributed by atoms with van der Waals surface area (Å²) in [4.78, 5) is 9.79. The standard InChI is InChI=1S/C16H25N3S/c1-11-13-9-12(10-17-2)6-7-14(13)19-16(18-11)15-5-3-4-8-20-15/h12,15,17H,3-10H2,1-2H3. The van der Waals surface area contributed by atoms with Gasteiger partial charge in [0.05, 0.1) is 5.25 Å². The van der Waals surface area contributed by atoms with Crippen LogP contribution in [-0.2, 0) is 12.8 Å². The maximum atomic E-state index is 4.94. The highest BCUT2D eigenvalue weighted by Gasteiger charge is 2.25. The molecule has 0 saturated carbocycles. The number of hydrogen-bond acceptors (Lipinski definition) is 4. The summed E-state index contributed by atoms with van der Waals surface area (Å²) >= 11 is 2.05. The summed E-state index contributed by atoms with van der Waals surface area (Å²) in [5, 5.41) is 3.85. The second-order valence-corrected chi connectivity index (χ2v) is 7.42. The van der Waals surface area contributed by atoms with Crippen molar-refractivity contribution in [1.29, 1.82) is 0 Å². The van der Waals surface area contributed by atoms with E-state index in [-0.39, 0.29) is 0 Å². The third-order valence-electron chi connectivity index (χ3n) is 4.56. The number of aromatic nitrogens is 2. The lowest BCUT2D eigenvalue weighted by Gasteiger charge is -2.27. The number of fused-ring (bicyclic) bond motifs is 1. The van der Waals surface area contributed by atoms with Gasteiger partial charge in [-0.1, -0.05) is 6.42 Å². The predicted octanol–water partition coefficient (Wildman–Crippen LogP) is 3.07. The van der Waals surface area contributed by atoms with Crippen LogP contribution in [0.3, 0.4) is 0 Å². The molecule has 0 radical (unpaired) electrons. The summed E-state index contributed by atoms with van der Waals surface area (Å²) in [5.41, 5.74) is 4.00. The first-order chi connectivity index (χ1) is 9.78. The van der Waals surface area contributed by atoms with Gasteiger partial charge in [-0.25, -0.2) is 9.97 Å². The van der Waals surface area contributed by atoms with Crippen LogP contribution < -0.4 is 5.32 Å². The lowest BCUT2D eigenvalue weighted by Crippen LogP contribution is -2.27. The Bertz CT molecular complexity index is 469. The zero-order valence-electron chi connectivity index (χ0n) is 12.6. The number of nitrogens with zero attached hydrogens (tertiary/aromatic N) is 2. The van der Waals surface area contributed by atoms with Gasteiger partial charge in [-0.15, -0.1) is 0 Å². The fourth-order valence-corrected chi connectivity index (χ4v) is 4.68. The Morgan fingerprint density at radius 3 is 2.90 bits per heavy atom. The van der Waals surface area contributed by atoms with Gasteiger partial charge in [0.15, 0.2) is 0 Å². The van der Waals surface area contributed by atoms with Crippen molar-refractivity contribution in [3.63, 3.8) is 0 Å². The molecule has 1 saturated heterocycles. The Balaban J connectivity index is 1.82. The smallest absolute Gasteiger partial charge is 0.141 e. The number of hydrogen-bond donors (Lipinski definition) is 1. The third kappa shape index (κ3) is 3.01. The second kappa shape index (κ2) is 6.44. The van der Waals surface area contributed by atoms with Crippen molar-refractivity contribution < 1.29 is 0 Å². The minimum absolute atomic E-state index is 0.544. The molecule has 3 nitrogen and oxygen atoms in total. The molecule has 2 heterocycles. The largest absolute Gasteiger partial charge is 0.319 e. The van der Waals surface area contributed by atoms with Crippen molar-refractivity contribution in [1.82, 2.24) is 15.3 Å². The monoisotopic (exact) mass is 291 g/mol. The van der Waals surface area contributed by atoms with Crippen LogP contribution in [0.25, 0.3) is 0 Å². The van der Waals surface area contributed by atoms with Crippen LogP contribution in [0, 0.1) is 12.8 Å². The van der Waals surface area contributed by atoms with E-state index in [2.05, 4.69) is 12.2 Å². The Morgan fingerprint density at radius 1 is 1.25 bits per heavy atom. The van der Waals surface area contributed by atoms with Gasteiger partial charge in [0.25, 0.3) is 0 Å². The summed E-state index contributed by atoms with van der Waals surface area (Å²) in [5.74, 6) is 3.14. The molecule has 3 rings (SSSR count). The molecule has 1 aromatic heterocycles. The molecule has 4 heteroatoms. The molecule has 2 atom stereocenters. The highest BCUT2D eigenvalue weighted by atomic mass is 32.2. The fourth-order valence-electron chi connectivity index (χ4n) is 3.43. The number of nitrogens with one attached hydrogen (secondary N) is 1. The van der Waals surface area contributed by atoms with Crippen molar-refractivity contribution >= 4 is 11.8 Å². The van der Waals surface area contributed by atoms with E-state index >= 15 is 0 Å². The van der Waals surface area contributed by atoms with Crippen LogP contribution in [0.1, 0.15) is 53.7 Å². The molecule has 1 fully saturated rings. The molecule has 0 bridgehead atoms. The first-order valence-corrected chi connectivity index (χ1v) is 8.95. The van der Waals surface area contributed by atoms with Crippen molar-refractivity contribution in [3.8, 4) is 0 Å². The van der Waals surface area contributed by atoms with Crippen molar-refractivity contribution in [2.45, 2.75) is 50.7 Å². The fraction of sp³-hybridized carbons (Fsp3) is 0.750. The van der Waals surface area contributed by atoms with Gasteiger partial charge in [-0.3, -0.25) is 0 Å². The van der Waals surface area contributed by atoms with Gasteiger partial charge in [-0.2, -0.15) is 11.8 Å². The third-order valence-corrected chi connectivity index (χ3v) is 5.93. The zero-order chi connectivity index (χ0) is 13.9. The van der Waals surface area contributed by atoms with E-state index in [0.29, 0.717) is 5.25 Å². The minimum atomic E-state index is 0.544. The molecule has 0 amide bonds. The summed E-state index contributed by atoms with van der Waals surface area (Å²) in [6.07, 6.45) is 7.50. The Hall–Kier alpha value is -0.610. The van der Waals surface area contributed by atoms with E-state index in [4.69, 9.17) is 9.97 Å². The molecule has 0 spiro atoms. The summed E-state index contributed by atoms with van der Waals surface area (Å²) < 4.78 is 0. The SMILES string of the molecule is CNCC1CCc2nc(C3CCCCS3)nc(C)c2C1. The van der Waals surface area contributed by atoms with E-state index in [1.165, 1.54) is 48.4 Å². The predicted molar refractivity (Wildman–Crippen MR) is 85.3 cm³/mol. The van der Waals surface area contributed by atoms with Crippen LogP contribution in [-0.4, -0.2) is 29.3 Å². The van der Waals surface area contributed by atoms with E-state index < -0.39 is 0 Å². The van der Waals surface area contributed by atoms with Crippen molar-refractivity contribution in [3.05, 3.63) is 22.8 Å². The number of aryl methyl sites for hydroxylation is 2. The summed E-state index contributed by atoms with van der Waals surface area (Å²) in [7, 11) is 2.04. The van der Waals surface area contributed by atoms with Gasteiger partial charge in [0.2, 0.25) is 0 Å². The van der Waals surface area contributed by atoms with Crippen LogP contribution in [0.2, 0.25) is 0 Å². The maximum absolute atomic E-state index is 4.94. The van der Waals surface area contributed by atoms with Crippen LogP contribution in [0.5, 0.6) is 0 Å². The van der Waals surface area contributed by atoms with Crippen molar-refractivity contribution in [2.75, 3.05) is 19.3 Å². The number of thioether (sulfide) groups is 1. The van der Waals surface area contributed by atoms with Crippen molar-refractivity contribution in [2.24, 2.45) is 5.92 Å². The normalized spacial score (nSPS) is 26.3. The molecular formula is C16H25N3S. The van der Waals surface area contributed by atoms with E-state index in [9.17, 15) is 0 Å². The van der Waals surface area contributed by atoms with Gasteiger partial charge in [0, 0.05) is 11.4 Å². The Morgan fingerprint density at radius 2 is 2.15 bits per heavy atom.